The largest absolute Gasteiger partial charge is 0.465 e. The normalized spacial score (nSPS) is 10.8. The summed E-state index contributed by atoms with van der Waals surface area (Å²) in [5.41, 5.74) is 4.08. The lowest BCUT2D eigenvalue weighted by atomic mass is 10.1. The first kappa shape index (κ1) is 16.1. The smallest absolute Gasteiger partial charge is 0.339 e. The van der Waals surface area contributed by atoms with Gasteiger partial charge in [-0.1, -0.05) is 6.07 Å². The highest BCUT2D eigenvalue weighted by Gasteiger charge is 2.17. The number of H-pyrrole nitrogens is 1. The molecule has 0 aliphatic rings. The Hall–Kier alpha value is -2.74. The number of methoxy groups -OCH3 is 1. The zero-order chi connectivity index (χ0) is 17.1. The Balaban J connectivity index is 1.68. The van der Waals surface area contributed by atoms with E-state index in [2.05, 4.69) is 19.0 Å². The molecule has 8 heteroatoms. The first-order valence-corrected chi connectivity index (χ1v) is 8.09. The molecular weight excluding hydrogens is 328 g/mol. The molecule has 0 saturated carbocycles. The number of anilines is 1. The van der Waals surface area contributed by atoms with E-state index < -0.39 is 5.97 Å². The molecule has 0 bridgehead atoms. The Morgan fingerprint density at radius 2 is 2.17 bits per heavy atom. The maximum atomic E-state index is 12.2. The van der Waals surface area contributed by atoms with Crippen LogP contribution in [-0.2, 0) is 16.0 Å². The molecule has 0 atom stereocenters. The Morgan fingerprint density at radius 1 is 1.33 bits per heavy atom. The molecule has 3 rings (SSSR count). The van der Waals surface area contributed by atoms with E-state index >= 15 is 0 Å². The van der Waals surface area contributed by atoms with Gasteiger partial charge in [-0.3, -0.25) is 4.79 Å². The number of rotatable bonds is 5. The number of nitrogens with one attached hydrogen (secondary N) is 2. The minimum atomic E-state index is -0.400. The average molecular weight is 344 g/mol. The third-order valence-electron chi connectivity index (χ3n) is 3.73. The van der Waals surface area contributed by atoms with Crippen molar-refractivity contribution in [2.75, 3.05) is 12.4 Å². The molecule has 2 N–H and O–H groups in total. The third kappa shape index (κ3) is 3.13. The van der Waals surface area contributed by atoms with Crippen molar-refractivity contribution in [3.63, 3.8) is 0 Å². The standard InChI is InChI=1S/C16H16N4O3S/c1-9-14(16(22)23-2)10(8-17-9)6-7-13(21)18-11-4-3-5-12-15(11)20-24-19-12/h3-5,8,17H,6-7H2,1-2H3,(H,18,21). The van der Waals surface area contributed by atoms with Crippen LogP contribution in [0.15, 0.2) is 24.4 Å². The molecular formula is C16H16N4O3S. The predicted molar refractivity (Wildman–Crippen MR) is 91.2 cm³/mol. The van der Waals surface area contributed by atoms with Crippen LogP contribution in [0.1, 0.15) is 28.0 Å². The number of aryl methyl sites for hydroxylation is 2. The van der Waals surface area contributed by atoms with Crippen molar-refractivity contribution in [3.05, 3.63) is 41.2 Å². The molecule has 1 amide bonds. The maximum Gasteiger partial charge on any atom is 0.339 e. The monoisotopic (exact) mass is 344 g/mol. The topological polar surface area (TPSA) is 97.0 Å². The summed E-state index contributed by atoms with van der Waals surface area (Å²) in [4.78, 5) is 27.0. The van der Waals surface area contributed by atoms with Crippen LogP contribution in [0.25, 0.3) is 11.0 Å². The minimum absolute atomic E-state index is 0.148. The third-order valence-corrected chi connectivity index (χ3v) is 4.27. The van der Waals surface area contributed by atoms with Crippen LogP contribution in [0.4, 0.5) is 5.69 Å². The first-order chi connectivity index (χ1) is 11.6. The molecule has 0 saturated heterocycles. The van der Waals surface area contributed by atoms with Gasteiger partial charge in [-0.25, -0.2) is 4.79 Å². The highest BCUT2D eigenvalue weighted by molar-refractivity contribution is 7.00. The Kier molecular flexibility index (Phi) is 4.57. The lowest BCUT2D eigenvalue weighted by Crippen LogP contribution is -2.13. The van der Waals surface area contributed by atoms with Gasteiger partial charge in [-0.15, -0.1) is 0 Å². The molecule has 24 heavy (non-hydrogen) atoms. The number of hydrogen-bond donors (Lipinski definition) is 2. The summed E-state index contributed by atoms with van der Waals surface area (Å²) in [5.74, 6) is -0.548. The number of fused-ring (bicyclic) bond motifs is 1. The highest BCUT2D eigenvalue weighted by Crippen LogP contribution is 2.22. The average Bonchev–Trinajstić information content (AvgIpc) is 3.19. The van der Waals surface area contributed by atoms with E-state index in [0.29, 0.717) is 23.2 Å². The van der Waals surface area contributed by atoms with Crippen LogP contribution in [0.3, 0.4) is 0 Å². The summed E-state index contributed by atoms with van der Waals surface area (Å²) in [6, 6.07) is 5.46. The number of amides is 1. The summed E-state index contributed by atoms with van der Waals surface area (Å²) in [5, 5.41) is 2.85. The fourth-order valence-corrected chi connectivity index (χ4v) is 3.08. The van der Waals surface area contributed by atoms with Gasteiger partial charge in [0.15, 0.2) is 0 Å². The summed E-state index contributed by atoms with van der Waals surface area (Å²) in [6.45, 7) is 1.80. The van der Waals surface area contributed by atoms with Gasteiger partial charge in [0.25, 0.3) is 0 Å². The van der Waals surface area contributed by atoms with Crippen molar-refractivity contribution in [2.24, 2.45) is 0 Å². The molecule has 0 spiro atoms. The van der Waals surface area contributed by atoms with Gasteiger partial charge in [-0.2, -0.15) is 8.75 Å². The number of benzene rings is 1. The van der Waals surface area contributed by atoms with Crippen LogP contribution in [0.5, 0.6) is 0 Å². The number of aromatic nitrogens is 3. The highest BCUT2D eigenvalue weighted by atomic mass is 32.1. The second-order valence-electron chi connectivity index (χ2n) is 5.29. The van der Waals surface area contributed by atoms with Gasteiger partial charge in [-0.05, 0) is 31.0 Å². The minimum Gasteiger partial charge on any atom is -0.465 e. The van der Waals surface area contributed by atoms with Gasteiger partial charge in [0.2, 0.25) is 5.91 Å². The quantitative estimate of drug-likeness (QED) is 0.694. The van der Waals surface area contributed by atoms with Crippen LogP contribution in [-0.4, -0.2) is 32.7 Å². The van der Waals surface area contributed by atoms with Crippen LogP contribution >= 0.6 is 11.7 Å². The Bertz CT molecular complexity index is 900. The molecule has 0 aliphatic carbocycles. The van der Waals surface area contributed by atoms with E-state index in [1.165, 1.54) is 7.11 Å². The number of nitrogens with zero attached hydrogens (tertiary/aromatic N) is 2. The zero-order valence-corrected chi connectivity index (χ0v) is 14.1. The lowest BCUT2D eigenvalue weighted by molar-refractivity contribution is -0.116. The van der Waals surface area contributed by atoms with E-state index in [-0.39, 0.29) is 12.3 Å². The second kappa shape index (κ2) is 6.79. The lowest BCUT2D eigenvalue weighted by Gasteiger charge is -2.06. The number of esters is 1. The zero-order valence-electron chi connectivity index (χ0n) is 13.3. The predicted octanol–water partition coefficient (Wildman–Crippen LogP) is 2.69. The number of hydrogen-bond acceptors (Lipinski definition) is 6. The number of ether oxygens (including phenoxy) is 1. The number of carbonyl (C=O) groups excluding carboxylic acids is 2. The molecule has 2 aromatic heterocycles. The molecule has 7 nitrogen and oxygen atoms in total. The van der Waals surface area contributed by atoms with E-state index in [4.69, 9.17) is 4.74 Å². The summed E-state index contributed by atoms with van der Waals surface area (Å²) < 4.78 is 13.1. The SMILES string of the molecule is COC(=O)c1c(CCC(=O)Nc2cccc3nsnc23)c[nH]c1C. The van der Waals surface area contributed by atoms with Gasteiger partial charge in [0, 0.05) is 18.3 Å². The number of aromatic amines is 1. The van der Waals surface area contributed by atoms with Crippen molar-refractivity contribution in [2.45, 2.75) is 19.8 Å². The van der Waals surface area contributed by atoms with E-state index in [1.54, 1.807) is 19.2 Å². The Morgan fingerprint density at radius 3 is 2.96 bits per heavy atom. The van der Waals surface area contributed by atoms with Gasteiger partial charge in [0.1, 0.15) is 11.0 Å². The number of carbonyl (C=O) groups is 2. The van der Waals surface area contributed by atoms with E-state index in [1.807, 2.05) is 12.1 Å². The van der Waals surface area contributed by atoms with Crippen LogP contribution in [0, 0.1) is 6.92 Å². The second-order valence-corrected chi connectivity index (χ2v) is 5.82. The van der Waals surface area contributed by atoms with E-state index in [0.717, 1.165) is 28.5 Å². The summed E-state index contributed by atoms with van der Waals surface area (Å²) in [6.07, 6.45) is 2.42. The first-order valence-electron chi connectivity index (χ1n) is 7.36. The van der Waals surface area contributed by atoms with Crippen molar-refractivity contribution >= 4 is 40.3 Å². The fourth-order valence-electron chi connectivity index (χ4n) is 2.53. The van der Waals surface area contributed by atoms with Crippen LogP contribution < -0.4 is 5.32 Å². The molecule has 0 unspecified atom stereocenters. The molecule has 2 heterocycles. The van der Waals surface area contributed by atoms with Gasteiger partial charge in [0.05, 0.1) is 30.1 Å². The van der Waals surface area contributed by atoms with E-state index in [9.17, 15) is 9.59 Å². The van der Waals surface area contributed by atoms with Gasteiger partial charge < -0.3 is 15.0 Å². The van der Waals surface area contributed by atoms with Crippen molar-refractivity contribution in [1.82, 2.24) is 13.7 Å². The van der Waals surface area contributed by atoms with Crippen molar-refractivity contribution < 1.29 is 14.3 Å². The molecule has 0 aliphatic heterocycles. The molecule has 1 aromatic carbocycles. The molecule has 124 valence electrons. The fraction of sp³-hybridized carbons (Fsp3) is 0.250. The van der Waals surface area contributed by atoms with Crippen LogP contribution in [0.2, 0.25) is 0 Å². The van der Waals surface area contributed by atoms with Gasteiger partial charge >= 0.3 is 5.97 Å². The summed E-state index contributed by atoms with van der Waals surface area (Å²) in [7, 11) is 1.34. The van der Waals surface area contributed by atoms with Crippen molar-refractivity contribution in [1.29, 1.82) is 0 Å². The Labute approximate surface area is 142 Å². The molecule has 0 fully saturated rings. The van der Waals surface area contributed by atoms with Crippen molar-refractivity contribution in [3.8, 4) is 0 Å². The summed E-state index contributed by atoms with van der Waals surface area (Å²) >= 11 is 1.11. The maximum absolute atomic E-state index is 12.2. The molecule has 0 radical (unpaired) electrons. The molecule has 3 aromatic rings.